The van der Waals surface area contributed by atoms with Crippen LogP contribution in [-0.4, -0.2) is 23.9 Å². The van der Waals surface area contributed by atoms with Gasteiger partial charge in [-0.05, 0) is 48.5 Å². The summed E-state index contributed by atoms with van der Waals surface area (Å²) in [5.41, 5.74) is 2.09. The number of rotatable bonds is 3. The minimum absolute atomic E-state index is 0.0389. The molecule has 130 valence electrons. The van der Waals surface area contributed by atoms with Crippen molar-refractivity contribution in [1.82, 2.24) is 4.98 Å². The van der Waals surface area contributed by atoms with Crippen LogP contribution < -0.4 is 9.64 Å². The highest BCUT2D eigenvalue weighted by atomic mass is 16.5. The molecule has 4 rings (SSSR count). The van der Waals surface area contributed by atoms with E-state index in [2.05, 4.69) is 4.98 Å². The molecular formula is C21H13N3O3. The van der Waals surface area contributed by atoms with Crippen molar-refractivity contribution in [2.24, 2.45) is 0 Å². The number of nitrogens with zero attached hydrogens (tertiary/aromatic N) is 3. The van der Waals surface area contributed by atoms with Gasteiger partial charge in [-0.2, -0.15) is 5.26 Å². The molecule has 0 atom stereocenters. The Hall–Kier alpha value is -3.98. The lowest BCUT2D eigenvalue weighted by atomic mass is 10.1. The van der Waals surface area contributed by atoms with E-state index < -0.39 is 11.8 Å². The Morgan fingerprint density at radius 2 is 1.56 bits per heavy atom. The number of carbonyl (C=O) groups is 2. The molecule has 0 fully saturated rings. The second kappa shape index (κ2) is 6.39. The summed E-state index contributed by atoms with van der Waals surface area (Å²) in [6.45, 7) is 0. The highest BCUT2D eigenvalue weighted by Gasteiger charge is 2.38. The Kier molecular flexibility index (Phi) is 3.90. The second-order valence-corrected chi connectivity index (χ2v) is 5.90. The average Bonchev–Trinajstić information content (AvgIpc) is 2.98. The zero-order valence-corrected chi connectivity index (χ0v) is 14.3. The van der Waals surface area contributed by atoms with Gasteiger partial charge in [0.05, 0.1) is 29.5 Å². The number of imide groups is 1. The van der Waals surface area contributed by atoms with Crippen molar-refractivity contribution in [3.8, 4) is 23.1 Å². The van der Waals surface area contributed by atoms with Gasteiger partial charge < -0.3 is 4.74 Å². The summed E-state index contributed by atoms with van der Waals surface area (Å²) in [6.07, 6.45) is 0. The summed E-state index contributed by atoms with van der Waals surface area (Å²) in [7, 11) is 1.58. The molecule has 0 aliphatic carbocycles. The van der Waals surface area contributed by atoms with E-state index in [4.69, 9.17) is 4.74 Å². The van der Waals surface area contributed by atoms with E-state index in [0.717, 1.165) is 10.5 Å². The number of benzene rings is 2. The van der Waals surface area contributed by atoms with E-state index in [0.29, 0.717) is 22.6 Å². The van der Waals surface area contributed by atoms with Crippen molar-refractivity contribution < 1.29 is 14.3 Å². The smallest absolute Gasteiger partial charge is 0.267 e. The predicted molar refractivity (Wildman–Crippen MR) is 98.5 cm³/mol. The molecule has 0 radical (unpaired) electrons. The zero-order chi connectivity index (χ0) is 19.0. The number of carbonyl (C=O) groups excluding carboxylic acids is 2. The van der Waals surface area contributed by atoms with E-state index in [1.165, 1.54) is 0 Å². The van der Waals surface area contributed by atoms with E-state index >= 15 is 0 Å². The summed E-state index contributed by atoms with van der Waals surface area (Å²) < 4.78 is 5.15. The fraction of sp³-hybridized carbons (Fsp3) is 0.0476. The second-order valence-electron chi connectivity index (χ2n) is 5.90. The zero-order valence-electron chi connectivity index (χ0n) is 14.3. The highest BCUT2D eigenvalue weighted by molar-refractivity contribution is 6.34. The van der Waals surface area contributed by atoms with Crippen LogP contribution in [0.5, 0.6) is 5.75 Å². The van der Waals surface area contributed by atoms with Crippen molar-refractivity contribution in [1.29, 1.82) is 5.26 Å². The third-order valence-electron chi connectivity index (χ3n) is 4.39. The minimum atomic E-state index is -0.480. The van der Waals surface area contributed by atoms with Gasteiger partial charge in [-0.3, -0.25) is 9.59 Å². The molecule has 0 bridgehead atoms. The predicted octanol–water partition coefficient (Wildman–Crippen LogP) is 3.43. The molecule has 0 N–H and O–H groups in total. The molecule has 0 saturated heterocycles. The standard InChI is InChI=1S/C21H13N3O3/c1-27-15-9-6-13(7-10-15)18-11-8-14(12-22)19(23-18)24-20(25)16-4-2-3-5-17(16)21(24)26/h2-11H,1H3. The Balaban J connectivity index is 1.82. The van der Waals surface area contributed by atoms with E-state index in [1.807, 2.05) is 18.2 Å². The number of hydrogen-bond donors (Lipinski definition) is 0. The van der Waals surface area contributed by atoms with E-state index in [1.54, 1.807) is 55.6 Å². The number of hydrogen-bond acceptors (Lipinski definition) is 5. The number of aromatic nitrogens is 1. The molecule has 1 aliphatic heterocycles. The van der Waals surface area contributed by atoms with Gasteiger partial charge in [0.25, 0.3) is 11.8 Å². The van der Waals surface area contributed by atoms with Crippen LogP contribution in [0, 0.1) is 11.3 Å². The fourth-order valence-corrected chi connectivity index (χ4v) is 3.01. The van der Waals surface area contributed by atoms with E-state index in [9.17, 15) is 14.9 Å². The lowest BCUT2D eigenvalue weighted by molar-refractivity contribution is 0.0925. The number of fused-ring (bicyclic) bond motifs is 1. The maximum Gasteiger partial charge on any atom is 0.267 e. The Bertz CT molecular complexity index is 1080. The summed E-state index contributed by atoms with van der Waals surface area (Å²) in [6, 6.07) is 19.0. The first-order chi connectivity index (χ1) is 13.1. The normalized spacial score (nSPS) is 12.7. The molecule has 0 unspecified atom stereocenters. The van der Waals surface area contributed by atoms with Gasteiger partial charge in [0.1, 0.15) is 11.8 Å². The third-order valence-corrected chi connectivity index (χ3v) is 4.39. The number of nitriles is 1. The van der Waals surface area contributed by atoms with E-state index in [-0.39, 0.29) is 11.4 Å². The average molecular weight is 355 g/mol. The molecule has 2 amide bonds. The van der Waals surface area contributed by atoms with Crippen LogP contribution in [0.15, 0.2) is 60.7 Å². The molecule has 6 heteroatoms. The maximum absolute atomic E-state index is 12.7. The quantitative estimate of drug-likeness (QED) is 0.672. The molecule has 6 nitrogen and oxygen atoms in total. The largest absolute Gasteiger partial charge is 0.497 e. The van der Waals surface area contributed by atoms with Crippen molar-refractivity contribution in [3.63, 3.8) is 0 Å². The van der Waals surface area contributed by atoms with Crippen molar-refractivity contribution in [2.45, 2.75) is 0 Å². The van der Waals surface area contributed by atoms with Gasteiger partial charge in [0.2, 0.25) is 0 Å². The highest BCUT2D eigenvalue weighted by Crippen LogP contribution is 2.31. The molecule has 2 aromatic carbocycles. The molecule has 0 saturated carbocycles. The first-order valence-corrected chi connectivity index (χ1v) is 8.17. The SMILES string of the molecule is COc1ccc(-c2ccc(C#N)c(N3C(=O)c4ccccc4C3=O)n2)cc1. The van der Waals surface area contributed by atoms with Gasteiger partial charge in [-0.25, -0.2) is 9.88 Å². The molecule has 27 heavy (non-hydrogen) atoms. The lowest BCUT2D eigenvalue weighted by Crippen LogP contribution is -2.31. The fourth-order valence-electron chi connectivity index (χ4n) is 3.01. The van der Waals surface area contributed by atoms with Crippen molar-refractivity contribution in [3.05, 3.63) is 77.4 Å². The number of amides is 2. The van der Waals surface area contributed by atoms with Gasteiger partial charge in [0.15, 0.2) is 5.82 Å². The van der Waals surface area contributed by atoms with Crippen LogP contribution in [0.2, 0.25) is 0 Å². The van der Waals surface area contributed by atoms with Crippen molar-refractivity contribution in [2.75, 3.05) is 12.0 Å². The topological polar surface area (TPSA) is 83.3 Å². The molecule has 1 aliphatic rings. The monoisotopic (exact) mass is 355 g/mol. The number of methoxy groups -OCH3 is 1. The van der Waals surface area contributed by atoms with Crippen LogP contribution >= 0.6 is 0 Å². The lowest BCUT2D eigenvalue weighted by Gasteiger charge is -2.15. The Labute approximate surface area is 155 Å². The van der Waals surface area contributed by atoms with Crippen LogP contribution in [-0.2, 0) is 0 Å². The van der Waals surface area contributed by atoms with Crippen LogP contribution in [0.25, 0.3) is 11.3 Å². The van der Waals surface area contributed by atoms with Crippen molar-refractivity contribution >= 4 is 17.6 Å². The Morgan fingerprint density at radius 3 is 2.11 bits per heavy atom. The van der Waals surface area contributed by atoms with Crippen LogP contribution in [0.3, 0.4) is 0 Å². The van der Waals surface area contributed by atoms with Gasteiger partial charge in [-0.1, -0.05) is 12.1 Å². The number of pyridine rings is 1. The molecule has 2 heterocycles. The minimum Gasteiger partial charge on any atom is -0.497 e. The van der Waals surface area contributed by atoms with Crippen LogP contribution in [0.1, 0.15) is 26.3 Å². The number of anilines is 1. The van der Waals surface area contributed by atoms with Gasteiger partial charge >= 0.3 is 0 Å². The summed E-state index contributed by atoms with van der Waals surface area (Å²) in [4.78, 5) is 30.9. The first kappa shape index (κ1) is 16.5. The van der Waals surface area contributed by atoms with Gasteiger partial charge in [0, 0.05) is 5.56 Å². The summed E-state index contributed by atoms with van der Waals surface area (Å²) in [5.74, 6) is -0.219. The van der Waals surface area contributed by atoms with Crippen LogP contribution in [0.4, 0.5) is 5.82 Å². The molecule has 0 spiro atoms. The Morgan fingerprint density at radius 1 is 0.926 bits per heavy atom. The molecular weight excluding hydrogens is 342 g/mol. The molecule has 3 aromatic rings. The maximum atomic E-state index is 12.7. The number of ether oxygens (including phenoxy) is 1. The third kappa shape index (κ3) is 2.62. The van der Waals surface area contributed by atoms with Gasteiger partial charge in [-0.15, -0.1) is 0 Å². The molecule has 1 aromatic heterocycles. The summed E-state index contributed by atoms with van der Waals surface area (Å²) in [5, 5.41) is 9.44. The summed E-state index contributed by atoms with van der Waals surface area (Å²) >= 11 is 0. The first-order valence-electron chi connectivity index (χ1n) is 8.17.